The van der Waals surface area contributed by atoms with Gasteiger partial charge in [0.15, 0.2) is 11.8 Å². The molecule has 0 saturated carbocycles. The molecule has 0 saturated heterocycles. The van der Waals surface area contributed by atoms with Gasteiger partial charge in [-0.3, -0.25) is 9.69 Å². The van der Waals surface area contributed by atoms with Crippen LogP contribution in [0.5, 0.6) is 11.5 Å². The maximum atomic E-state index is 13.6. The van der Waals surface area contributed by atoms with Gasteiger partial charge in [-0.15, -0.1) is 0 Å². The molecule has 2 heterocycles. The number of nitrogens with zero attached hydrogens (tertiary/aromatic N) is 2. The molecule has 7 nitrogen and oxygen atoms in total. The minimum Gasteiger partial charge on any atom is -0.497 e. The summed E-state index contributed by atoms with van der Waals surface area (Å²) in [5, 5.41) is 0. The summed E-state index contributed by atoms with van der Waals surface area (Å²) in [6.45, 7) is 2.67. The lowest BCUT2D eigenvalue weighted by Gasteiger charge is -2.33. The van der Waals surface area contributed by atoms with Crippen LogP contribution in [0, 0.1) is 0 Å². The summed E-state index contributed by atoms with van der Waals surface area (Å²) in [6, 6.07) is 14.0. The standard InChI is InChI=1S/C24H24N2O5S/c1-4-31-24(28)22-23(27)20-19(32-25-21(20)15-8-6-5-7-9-15)14-26(22)13-16-10-11-17(29-2)12-18(16)30-3/h5-12,22H,4,13-14H2,1-3H3. The van der Waals surface area contributed by atoms with E-state index >= 15 is 0 Å². The number of ether oxygens (including phenoxy) is 3. The lowest BCUT2D eigenvalue weighted by Crippen LogP contribution is -2.50. The first-order valence-electron chi connectivity index (χ1n) is 10.3. The number of aromatic nitrogens is 1. The Morgan fingerprint density at radius 2 is 1.94 bits per heavy atom. The maximum absolute atomic E-state index is 13.6. The second-order valence-corrected chi connectivity index (χ2v) is 8.15. The average Bonchev–Trinajstić information content (AvgIpc) is 3.24. The van der Waals surface area contributed by atoms with Gasteiger partial charge in [0.1, 0.15) is 11.5 Å². The summed E-state index contributed by atoms with van der Waals surface area (Å²) in [5.41, 5.74) is 2.82. The van der Waals surface area contributed by atoms with Crippen molar-refractivity contribution < 1.29 is 23.8 Å². The number of methoxy groups -OCH3 is 2. The number of carbonyl (C=O) groups excluding carboxylic acids is 2. The Hall–Kier alpha value is -3.23. The lowest BCUT2D eigenvalue weighted by atomic mass is 9.93. The van der Waals surface area contributed by atoms with E-state index in [1.807, 2.05) is 47.4 Å². The number of benzene rings is 2. The van der Waals surface area contributed by atoms with Crippen LogP contribution in [-0.2, 0) is 22.6 Å². The minimum atomic E-state index is -1.05. The monoisotopic (exact) mass is 452 g/mol. The van der Waals surface area contributed by atoms with Gasteiger partial charge in [-0.2, -0.15) is 4.37 Å². The number of Topliss-reactive ketones (excluding diaryl/α,β-unsaturated/α-hetero) is 1. The summed E-state index contributed by atoms with van der Waals surface area (Å²) in [6.07, 6.45) is 0. The molecule has 0 spiro atoms. The van der Waals surface area contributed by atoms with Crippen LogP contribution in [0.25, 0.3) is 11.3 Å². The highest BCUT2D eigenvalue weighted by atomic mass is 32.1. The molecular weight excluding hydrogens is 428 g/mol. The molecule has 0 aliphatic carbocycles. The molecule has 0 bridgehead atoms. The summed E-state index contributed by atoms with van der Waals surface area (Å²) < 4.78 is 20.6. The van der Waals surface area contributed by atoms with Crippen LogP contribution >= 0.6 is 11.5 Å². The molecule has 1 aliphatic rings. The largest absolute Gasteiger partial charge is 0.497 e. The highest BCUT2D eigenvalue weighted by Gasteiger charge is 2.43. The summed E-state index contributed by atoms with van der Waals surface area (Å²) in [4.78, 5) is 29.2. The zero-order chi connectivity index (χ0) is 22.7. The van der Waals surface area contributed by atoms with Gasteiger partial charge in [0.25, 0.3) is 0 Å². The first-order chi connectivity index (χ1) is 15.6. The van der Waals surface area contributed by atoms with Gasteiger partial charge in [0, 0.05) is 30.3 Å². The van der Waals surface area contributed by atoms with Gasteiger partial charge in [-0.05, 0) is 24.5 Å². The zero-order valence-electron chi connectivity index (χ0n) is 18.2. The number of hydrogen-bond donors (Lipinski definition) is 0. The fourth-order valence-electron chi connectivity index (χ4n) is 3.88. The smallest absolute Gasteiger partial charge is 0.331 e. The number of ketones is 1. The Balaban J connectivity index is 1.73. The SMILES string of the molecule is CCOC(=O)C1C(=O)c2c(-c3ccccc3)nsc2CN1Cc1ccc(OC)cc1OC. The molecule has 0 N–H and O–H groups in total. The normalized spacial score (nSPS) is 15.8. The molecule has 0 amide bonds. The van der Waals surface area contributed by atoms with Gasteiger partial charge in [-0.25, -0.2) is 4.79 Å². The maximum Gasteiger partial charge on any atom is 0.331 e. The van der Waals surface area contributed by atoms with Crippen molar-refractivity contribution in [2.75, 3.05) is 20.8 Å². The topological polar surface area (TPSA) is 78.0 Å². The quantitative estimate of drug-likeness (QED) is 0.397. The molecule has 1 aromatic heterocycles. The van der Waals surface area contributed by atoms with Crippen LogP contribution in [0.2, 0.25) is 0 Å². The summed E-state index contributed by atoms with van der Waals surface area (Å²) >= 11 is 1.29. The van der Waals surface area contributed by atoms with E-state index in [-0.39, 0.29) is 12.4 Å². The number of hydrogen-bond acceptors (Lipinski definition) is 8. The van der Waals surface area contributed by atoms with Gasteiger partial charge in [0.05, 0.1) is 37.0 Å². The van der Waals surface area contributed by atoms with Crippen LogP contribution in [-0.4, -0.2) is 47.9 Å². The molecule has 32 heavy (non-hydrogen) atoms. The van der Waals surface area contributed by atoms with Crippen LogP contribution in [0.4, 0.5) is 0 Å². The number of esters is 1. The van der Waals surface area contributed by atoms with Gasteiger partial charge >= 0.3 is 5.97 Å². The van der Waals surface area contributed by atoms with E-state index in [2.05, 4.69) is 4.37 Å². The van der Waals surface area contributed by atoms with Crippen molar-refractivity contribution >= 4 is 23.3 Å². The van der Waals surface area contributed by atoms with Crippen LogP contribution in [0.1, 0.15) is 27.7 Å². The molecule has 1 unspecified atom stereocenters. The molecule has 4 rings (SSSR count). The van der Waals surface area contributed by atoms with E-state index in [0.29, 0.717) is 35.8 Å². The molecule has 0 fully saturated rings. The summed E-state index contributed by atoms with van der Waals surface area (Å²) in [5.74, 6) is 0.449. The van der Waals surface area contributed by atoms with E-state index < -0.39 is 12.0 Å². The third-order valence-corrected chi connectivity index (χ3v) is 6.22. The van der Waals surface area contributed by atoms with E-state index in [4.69, 9.17) is 14.2 Å². The fourth-order valence-corrected chi connectivity index (χ4v) is 4.79. The number of rotatable bonds is 7. The molecule has 166 valence electrons. The molecule has 8 heteroatoms. The van der Waals surface area contributed by atoms with Crippen LogP contribution in [0.3, 0.4) is 0 Å². The van der Waals surface area contributed by atoms with E-state index in [1.54, 1.807) is 27.2 Å². The molecule has 0 radical (unpaired) electrons. The van der Waals surface area contributed by atoms with Crippen LogP contribution < -0.4 is 9.47 Å². The highest BCUT2D eigenvalue weighted by molar-refractivity contribution is 7.06. The van der Waals surface area contributed by atoms with Crippen molar-refractivity contribution in [3.8, 4) is 22.8 Å². The predicted molar refractivity (Wildman–Crippen MR) is 121 cm³/mol. The zero-order valence-corrected chi connectivity index (χ0v) is 19.0. The van der Waals surface area contributed by atoms with E-state index in [0.717, 1.165) is 16.0 Å². The van der Waals surface area contributed by atoms with Crippen molar-refractivity contribution in [2.24, 2.45) is 0 Å². The van der Waals surface area contributed by atoms with Crippen molar-refractivity contribution in [1.82, 2.24) is 9.27 Å². The molecule has 2 aromatic carbocycles. The van der Waals surface area contributed by atoms with Crippen molar-refractivity contribution in [1.29, 1.82) is 0 Å². The Labute approximate surface area is 190 Å². The number of carbonyl (C=O) groups is 2. The Bertz CT molecular complexity index is 1130. The van der Waals surface area contributed by atoms with Crippen molar-refractivity contribution in [3.63, 3.8) is 0 Å². The second-order valence-electron chi connectivity index (χ2n) is 7.30. The van der Waals surface area contributed by atoms with E-state index in [1.165, 1.54) is 11.5 Å². The first kappa shape index (κ1) is 22.0. The van der Waals surface area contributed by atoms with Gasteiger partial charge in [-0.1, -0.05) is 36.4 Å². The molecule has 1 aliphatic heterocycles. The Kier molecular flexibility index (Phi) is 6.53. The average molecular weight is 453 g/mol. The minimum absolute atomic E-state index is 0.197. The van der Waals surface area contributed by atoms with Gasteiger partial charge in [0.2, 0.25) is 0 Å². The first-order valence-corrected chi connectivity index (χ1v) is 11.0. The highest BCUT2D eigenvalue weighted by Crippen LogP contribution is 2.36. The van der Waals surface area contributed by atoms with Gasteiger partial charge < -0.3 is 14.2 Å². The Morgan fingerprint density at radius 3 is 2.62 bits per heavy atom. The number of fused-ring (bicyclic) bond motifs is 1. The van der Waals surface area contributed by atoms with E-state index in [9.17, 15) is 9.59 Å². The molecule has 1 atom stereocenters. The van der Waals surface area contributed by atoms with Crippen LogP contribution in [0.15, 0.2) is 48.5 Å². The third-order valence-electron chi connectivity index (χ3n) is 5.39. The molecule has 3 aromatic rings. The fraction of sp³-hybridized carbons (Fsp3) is 0.292. The third kappa shape index (κ3) is 4.11. The predicted octanol–water partition coefficient (Wildman–Crippen LogP) is 3.96. The second kappa shape index (κ2) is 9.50. The Morgan fingerprint density at radius 1 is 1.16 bits per heavy atom. The lowest BCUT2D eigenvalue weighted by molar-refractivity contribution is -0.148. The molecular formula is C24H24N2O5S. The summed E-state index contributed by atoms with van der Waals surface area (Å²) in [7, 11) is 3.17. The van der Waals surface area contributed by atoms with Crippen molar-refractivity contribution in [2.45, 2.75) is 26.1 Å². The van der Waals surface area contributed by atoms with Crippen molar-refractivity contribution in [3.05, 3.63) is 64.5 Å².